The fourth-order valence-electron chi connectivity index (χ4n) is 2.07. The van der Waals surface area contributed by atoms with Gasteiger partial charge in [0.2, 0.25) is 0 Å². The maximum atomic E-state index is 13.0. The Labute approximate surface area is 166 Å². The second kappa shape index (κ2) is 8.37. The molecule has 0 bridgehead atoms. The van der Waals surface area contributed by atoms with Crippen molar-refractivity contribution in [3.63, 3.8) is 0 Å². The topological polar surface area (TPSA) is 63.7 Å². The Morgan fingerprint density at radius 3 is 2.20 bits per heavy atom. The van der Waals surface area contributed by atoms with Crippen LogP contribution in [-0.2, 0) is 19.6 Å². The summed E-state index contributed by atoms with van der Waals surface area (Å²) in [5, 5.41) is 0.430. The van der Waals surface area contributed by atoms with Gasteiger partial charge in [0, 0.05) is 8.59 Å². The number of ether oxygens (including phenoxy) is 1. The Morgan fingerprint density at radius 1 is 1.12 bits per heavy atom. The quantitative estimate of drug-likeness (QED) is 0.449. The highest BCUT2D eigenvalue weighted by atomic mass is 127. The first-order valence-corrected chi connectivity index (χ1v) is 10.3. The number of halogens is 2. The van der Waals surface area contributed by atoms with Gasteiger partial charge >= 0.3 is 5.97 Å². The molecule has 0 aliphatic heterocycles. The number of hydrogen-bond donors (Lipinski definition) is 0. The molecule has 5 nitrogen and oxygen atoms in total. The van der Waals surface area contributed by atoms with Gasteiger partial charge in [-0.1, -0.05) is 11.6 Å². The highest BCUT2D eigenvalue weighted by Gasteiger charge is 2.28. The zero-order valence-electron chi connectivity index (χ0n) is 13.6. The van der Waals surface area contributed by atoms with E-state index in [0.29, 0.717) is 10.7 Å². The van der Waals surface area contributed by atoms with Gasteiger partial charge in [0.1, 0.15) is 6.54 Å². The van der Waals surface area contributed by atoms with Crippen molar-refractivity contribution >= 4 is 55.9 Å². The molecule has 134 valence electrons. The van der Waals surface area contributed by atoms with Gasteiger partial charge in [-0.05, 0) is 85.0 Å². The third-order valence-electron chi connectivity index (χ3n) is 3.16. The lowest BCUT2D eigenvalue weighted by atomic mass is 10.3. The van der Waals surface area contributed by atoms with Gasteiger partial charge in [0.15, 0.2) is 0 Å². The van der Waals surface area contributed by atoms with E-state index in [2.05, 4.69) is 22.6 Å². The lowest BCUT2D eigenvalue weighted by Gasteiger charge is -2.24. The van der Waals surface area contributed by atoms with Crippen molar-refractivity contribution in [2.75, 3.05) is 10.8 Å². The van der Waals surface area contributed by atoms with Crippen LogP contribution in [-0.4, -0.2) is 27.0 Å². The number of anilines is 1. The molecule has 2 aromatic carbocycles. The molecule has 0 unspecified atom stereocenters. The molecule has 0 saturated carbocycles. The maximum Gasteiger partial charge on any atom is 0.327 e. The van der Waals surface area contributed by atoms with Crippen LogP contribution >= 0.6 is 34.2 Å². The maximum absolute atomic E-state index is 13.0. The van der Waals surface area contributed by atoms with Crippen LogP contribution in [0.15, 0.2) is 53.4 Å². The molecule has 0 fully saturated rings. The van der Waals surface area contributed by atoms with Gasteiger partial charge in [-0.2, -0.15) is 0 Å². The Balaban J connectivity index is 2.44. The summed E-state index contributed by atoms with van der Waals surface area (Å²) in [6.07, 6.45) is -0.329. The fourth-order valence-corrected chi connectivity index (χ4v) is 3.97. The van der Waals surface area contributed by atoms with E-state index in [9.17, 15) is 13.2 Å². The van der Waals surface area contributed by atoms with E-state index < -0.39 is 22.5 Å². The molecule has 8 heteroatoms. The number of benzene rings is 2. The molecule has 0 spiro atoms. The van der Waals surface area contributed by atoms with Crippen LogP contribution in [0.3, 0.4) is 0 Å². The molecule has 0 radical (unpaired) electrons. The number of carbonyl (C=O) groups excluding carboxylic acids is 1. The molecule has 25 heavy (non-hydrogen) atoms. The van der Waals surface area contributed by atoms with Crippen LogP contribution in [0.4, 0.5) is 5.69 Å². The molecule has 0 amide bonds. The zero-order valence-corrected chi connectivity index (χ0v) is 17.4. The molecule has 0 aromatic heterocycles. The van der Waals surface area contributed by atoms with Gasteiger partial charge in [-0.15, -0.1) is 0 Å². The van der Waals surface area contributed by atoms with E-state index in [-0.39, 0.29) is 11.0 Å². The molecule has 2 aromatic rings. The summed E-state index contributed by atoms with van der Waals surface area (Å²) >= 11 is 7.96. The fraction of sp³-hybridized carbons (Fsp3) is 0.235. The van der Waals surface area contributed by atoms with Crippen molar-refractivity contribution in [2.24, 2.45) is 0 Å². The SMILES string of the molecule is CC(C)OC(=O)CN(c1ccc(I)cc1)S(=O)(=O)c1ccc(Cl)cc1. The van der Waals surface area contributed by atoms with E-state index >= 15 is 0 Å². The summed E-state index contributed by atoms with van der Waals surface area (Å²) < 4.78 is 33.1. The zero-order chi connectivity index (χ0) is 18.6. The predicted molar refractivity (Wildman–Crippen MR) is 106 cm³/mol. The largest absolute Gasteiger partial charge is 0.462 e. The highest BCUT2D eigenvalue weighted by molar-refractivity contribution is 14.1. The molecule has 0 saturated heterocycles. The summed E-state index contributed by atoms with van der Waals surface area (Å²) in [6.45, 7) is 3.01. The Bertz CT molecular complexity index is 836. The molecular weight excluding hydrogens is 477 g/mol. The van der Waals surface area contributed by atoms with Crippen LogP contribution in [0.1, 0.15) is 13.8 Å². The van der Waals surface area contributed by atoms with Crippen LogP contribution < -0.4 is 4.31 Å². The number of carbonyl (C=O) groups is 1. The molecule has 0 aliphatic carbocycles. The summed E-state index contributed by atoms with van der Waals surface area (Å²) in [7, 11) is -3.94. The first kappa shape index (κ1) is 20.0. The van der Waals surface area contributed by atoms with Gasteiger partial charge in [-0.25, -0.2) is 8.42 Å². The summed E-state index contributed by atoms with van der Waals surface area (Å²) in [4.78, 5) is 12.1. The van der Waals surface area contributed by atoms with E-state index in [1.807, 2.05) is 0 Å². The minimum atomic E-state index is -3.94. The number of sulfonamides is 1. The Hall–Kier alpha value is -1.32. The highest BCUT2D eigenvalue weighted by Crippen LogP contribution is 2.25. The van der Waals surface area contributed by atoms with Gasteiger partial charge < -0.3 is 4.74 Å². The Kier molecular flexibility index (Phi) is 6.70. The van der Waals surface area contributed by atoms with Gasteiger partial charge in [-0.3, -0.25) is 9.10 Å². The minimum absolute atomic E-state index is 0.0489. The first-order chi connectivity index (χ1) is 11.7. The molecule has 0 N–H and O–H groups in total. The average Bonchev–Trinajstić information content (AvgIpc) is 2.53. The number of rotatable bonds is 6. The van der Waals surface area contributed by atoms with Gasteiger partial charge in [0.25, 0.3) is 10.0 Å². The van der Waals surface area contributed by atoms with Crippen molar-refractivity contribution in [3.8, 4) is 0 Å². The van der Waals surface area contributed by atoms with E-state index in [1.54, 1.807) is 38.1 Å². The lowest BCUT2D eigenvalue weighted by molar-refractivity contribution is -0.145. The lowest BCUT2D eigenvalue weighted by Crippen LogP contribution is -2.37. The van der Waals surface area contributed by atoms with Gasteiger partial charge in [0.05, 0.1) is 16.7 Å². The minimum Gasteiger partial charge on any atom is -0.462 e. The molecule has 0 atom stereocenters. The summed E-state index contributed by atoms with van der Waals surface area (Å²) in [5.74, 6) is -0.619. The molecular formula is C17H17ClINO4S. The van der Waals surface area contributed by atoms with E-state index in [1.165, 1.54) is 24.3 Å². The Morgan fingerprint density at radius 2 is 1.68 bits per heavy atom. The van der Waals surface area contributed by atoms with Crippen molar-refractivity contribution in [2.45, 2.75) is 24.8 Å². The molecule has 2 rings (SSSR count). The second-order valence-corrected chi connectivity index (χ2v) is 9.03. The first-order valence-electron chi connectivity index (χ1n) is 7.43. The number of nitrogens with zero attached hydrogens (tertiary/aromatic N) is 1. The second-order valence-electron chi connectivity index (χ2n) is 5.48. The third-order valence-corrected chi connectivity index (χ3v) is 5.92. The van der Waals surface area contributed by atoms with Crippen molar-refractivity contribution in [3.05, 3.63) is 57.1 Å². The average molecular weight is 494 g/mol. The predicted octanol–water partition coefficient (Wildman–Crippen LogP) is 4.09. The third kappa shape index (κ3) is 5.32. The van der Waals surface area contributed by atoms with Crippen molar-refractivity contribution in [1.29, 1.82) is 0 Å². The van der Waals surface area contributed by atoms with E-state index in [4.69, 9.17) is 16.3 Å². The normalized spacial score (nSPS) is 11.4. The molecule has 0 aliphatic rings. The summed E-state index contributed by atoms with van der Waals surface area (Å²) in [5.41, 5.74) is 0.385. The van der Waals surface area contributed by atoms with Crippen LogP contribution in [0.25, 0.3) is 0 Å². The monoisotopic (exact) mass is 493 g/mol. The van der Waals surface area contributed by atoms with Crippen molar-refractivity contribution < 1.29 is 17.9 Å². The summed E-state index contributed by atoms with van der Waals surface area (Å²) in [6, 6.07) is 12.6. The van der Waals surface area contributed by atoms with Crippen LogP contribution in [0.5, 0.6) is 0 Å². The smallest absolute Gasteiger partial charge is 0.327 e. The number of esters is 1. The van der Waals surface area contributed by atoms with Crippen LogP contribution in [0, 0.1) is 3.57 Å². The standard InChI is InChI=1S/C17H17ClINO4S/c1-12(2)24-17(21)11-20(15-7-5-14(19)6-8-15)25(22,23)16-9-3-13(18)4-10-16/h3-10,12H,11H2,1-2H3. The number of hydrogen-bond acceptors (Lipinski definition) is 4. The molecule has 0 heterocycles. The van der Waals surface area contributed by atoms with Crippen molar-refractivity contribution in [1.82, 2.24) is 0 Å². The van der Waals surface area contributed by atoms with E-state index in [0.717, 1.165) is 7.88 Å². The van der Waals surface area contributed by atoms with Crippen LogP contribution in [0.2, 0.25) is 5.02 Å².